The molecule has 1 aliphatic rings. The van der Waals surface area contributed by atoms with Crippen LogP contribution >= 0.6 is 11.3 Å². The molecule has 1 heterocycles. The number of fused-ring (bicyclic) bond motifs is 1. The van der Waals surface area contributed by atoms with E-state index in [0.717, 1.165) is 25.9 Å². The van der Waals surface area contributed by atoms with Crippen LogP contribution in [0.4, 0.5) is 0 Å². The van der Waals surface area contributed by atoms with Crippen LogP contribution in [0.2, 0.25) is 0 Å². The van der Waals surface area contributed by atoms with Crippen LogP contribution in [0, 0.1) is 5.41 Å². The number of aliphatic hydroxyl groups excluding tert-OH is 1. The molecule has 3 heteroatoms. The van der Waals surface area contributed by atoms with E-state index < -0.39 is 0 Å². The van der Waals surface area contributed by atoms with E-state index in [1.54, 1.807) is 10.4 Å². The van der Waals surface area contributed by atoms with Gasteiger partial charge in [0.1, 0.15) is 0 Å². The molecule has 0 amide bonds. The first kappa shape index (κ1) is 14.0. The Hall–Kier alpha value is -0.380. The molecule has 0 radical (unpaired) electrons. The summed E-state index contributed by atoms with van der Waals surface area (Å²) >= 11 is 1.97. The topological polar surface area (TPSA) is 32.3 Å². The van der Waals surface area contributed by atoms with Gasteiger partial charge >= 0.3 is 0 Å². The van der Waals surface area contributed by atoms with Gasteiger partial charge in [0.15, 0.2) is 0 Å². The molecule has 0 bridgehead atoms. The number of aryl methyl sites for hydroxylation is 2. The molecule has 0 aromatic carbocycles. The molecule has 0 spiro atoms. The number of nitrogens with one attached hydrogen (secondary N) is 1. The summed E-state index contributed by atoms with van der Waals surface area (Å²) < 4.78 is 0. The molecule has 0 atom stereocenters. The fourth-order valence-corrected chi connectivity index (χ4v) is 3.94. The number of rotatable bonds is 7. The van der Waals surface area contributed by atoms with Crippen LogP contribution in [0.5, 0.6) is 0 Å². The lowest BCUT2D eigenvalue weighted by atomic mass is 9.83. The van der Waals surface area contributed by atoms with Crippen molar-refractivity contribution in [3.63, 3.8) is 0 Å². The smallest absolute Gasteiger partial charge is 0.0499 e. The van der Waals surface area contributed by atoms with E-state index in [2.05, 4.69) is 25.2 Å². The highest BCUT2D eigenvalue weighted by atomic mass is 32.1. The number of hydrogen-bond acceptors (Lipinski definition) is 3. The first-order chi connectivity index (χ1) is 8.73. The highest BCUT2D eigenvalue weighted by molar-refractivity contribution is 7.12. The van der Waals surface area contributed by atoms with Crippen LogP contribution in [0.15, 0.2) is 6.07 Å². The Morgan fingerprint density at radius 1 is 1.33 bits per heavy atom. The van der Waals surface area contributed by atoms with Gasteiger partial charge in [0.25, 0.3) is 0 Å². The maximum Gasteiger partial charge on any atom is 0.0499 e. The average molecular weight is 267 g/mol. The van der Waals surface area contributed by atoms with Gasteiger partial charge in [0.05, 0.1) is 0 Å². The third kappa shape index (κ3) is 2.95. The summed E-state index contributed by atoms with van der Waals surface area (Å²) in [7, 11) is 0. The second-order valence-corrected chi connectivity index (χ2v) is 6.70. The Morgan fingerprint density at radius 3 is 2.72 bits per heavy atom. The zero-order chi connectivity index (χ0) is 13.0. The molecule has 1 aromatic heterocycles. The number of thiophene rings is 1. The summed E-state index contributed by atoms with van der Waals surface area (Å²) in [4.78, 5) is 3.06. The molecule has 2 N–H and O–H groups in total. The van der Waals surface area contributed by atoms with Gasteiger partial charge in [-0.2, -0.15) is 0 Å². The highest BCUT2D eigenvalue weighted by Crippen LogP contribution is 2.31. The Bertz CT molecular complexity index is 352. The minimum Gasteiger partial charge on any atom is -0.396 e. The van der Waals surface area contributed by atoms with Crippen LogP contribution in [0.3, 0.4) is 0 Å². The molecule has 0 aliphatic heterocycles. The molecule has 2 nitrogen and oxygen atoms in total. The van der Waals surface area contributed by atoms with Crippen LogP contribution in [-0.4, -0.2) is 18.3 Å². The largest absolute Gasteiger partial charge is 0.396 e. The van der Waals surface area contributed by atoms with Gasteiger partial charge in [0, 0.05) is 34.9 Å². The van der Waals surface area contributed by atoms with E-state index in [-0.39, 0.29) is 12.0 Å². The molecule has 1 aromatic rings. The van der Waals surface area contributed by atoms with Crippen molar-refractivity contribution < 1.29 is 5.11 Å². The van der Waals surface area contributed by atoms with Crippen molar-refractivity contribution in [3.8, 4) is 0 Å². The second-order valence-electron chi connectivity index (χ2n) is 5.48. The lowest BCUT2D eigenvalue weighted by Crippen LogP contribution is -2.36. The average Bonchev–Trinajstić information content (AvgIpc) is 2.96. The third-order valence-corrected chi connectivity index (χ3v) is 5.67. The Balaban J connectivity index is 1.84. The van der Waals surface area contributed by atoms with Crippen LogP contribution in [-0.2, 0) is 19.4 Å². The predicted octanol–water partition coefficient (Wildman–Crippen LogP) is 3.13. The van der Waals surface area contributed by atoms with Gasteiger partial charge in [-0.05, 0) is 43.7 Å². The summed E-state index contributed by atoms with van der Waals surface area (Å²) in [5.74, 6) is 0. The summed E-state index contributed by atoms with van der Waals surface area (Å²) in [5.41, 5.74) is 1.65. The highest BCUT2D eigenvalue weighted by Gasteiger charge is 2.24. The predicted molar refractivity (Wildman–Crippen MR) is 78.2 cm³/mol. The lowest BCUT2D eigenvalue weighted by Gasteiger charge is -2.29. The molecule has 0 fully saturated rings. The van der Waals surface area contributed by atoms with Crippen molar-refractivity contribution in [3.05, 3.63) is 21.4 Å². The van der Waals surface area contributed by atoms with Gasteiger partial charge in [-0.15, -0.1) is 11.3 Å². The standard InChI is InChI=1S/C15H25NOS/c1-3-15(4-2,11-17)10-16-9-13-8-12-6-5-7-14(12)18-13/h8,16-17H,3-7,9-11H2,1-2H3. The molecule has 0 unspecified atom stereocenters. The first-order valence-electron chi connectivity index (χ1n) is 7.15. The molecular weight excluding hydrogens is 242 g/mol. The van der Waals surface area contributed by atoms with Gasteiger partial charge in [-0.1, -0.05) is 13.8 Å². The SMILES string of the molecule is CCC(CC)(CO)CNCc1cc2c(s1)CCC2. The van der Waals surface area contributed by atoms with E-state index in [9.17, 15) is 5.11 Å². The number of aliphatic hydroxyl groups is 1. The van der Waals surface area contributed by atoms with Gasteiger partial charge in [-0.3, -0.25) is 0 Å². The van der Waals surface area contributed by atoms with Crippen LogP contribution < -0.4 is 5.32 Å². The monoisotopic (exact) mass is 267 g/mol. The maximum absolute atomic E-state index is 9.53. The summed E-state index contributed by atoms with van der Waals surface area (Å²) in [6.07, 6.45) is 5.97. The third-order valence-electron chi connectivity index (χ3n) is 4.43. The van der Waals surface area contributed by atoms with Crippen molar-refractivity contribution in [2.24, 2.45) is 5.41 Å². The fourth-order valence-electron chi connectivity index (χ4n) is 2.71. The molecule has 0 saturated heterocycles. The van der Waals surface area contributed by atoms with Gasteiger partial charge < -0.3 is 10.4 Å². The van der Waals surface area contributed by atoms with Gasteiger partial charge in [0.2, 0.25) is 0 Å². The molecule has 0 saturated carbocycles. The van der Waals surface area contributed by atoms with E-state index in [1.165, 1.54) is 24.1 Å². The fraction of sp³-hybridized carbons (Fsp3) is 0.733. The Morgan fingerprint density at radius 2 is 2.11 bits per heavy atom. The molecule has 1 aliphatic carbocycles. The van der Waals surface area contributed by atoms with Crippen LogP contribution in [0.25, 0.3) is 0 Å². The lowest BCUT2D eigenvalue weighted by molar-refractivity contribution is 0.113. The maximum atomic E-state index is 9.53. The second kappa shape index (κ2) is 6.18. The summed E-state index contributed by atoms with van der Waals surface area (Å²) in [6.45, 7) is 6.49. The van der Waals surface area contributed by atoms with E-state index in [1.807, 2.05) is 11.3 Å². The van der Waals surface area contributed by atoms with E-state index >= 15 is 0 Å². The van der Waals surface area contributed by atoms with Crippen molar-refractivity contribution in [2.75, 3.05) is 13.2 Å². The van der Waals surface area contributed by atoms with E-state index in [0.29, 0.717) is 0 Å². The number of hydrogen-bond donors (Lipinski definition) is 2. The van der Waals surface area contributed by atoms with Gasteiger partial charge in [-0.25, -0.2) is 0 Å². The van der Waals surface area contributed by atoms with E-state index in [4.69, 9.17) is 0 Å². The Labute approximate surface area is 114 Å². The van der Waals surface area contributed by atoms with Crippen molar-refractivity contribution >= 4 is 11.3 Å². The summed E-state index contributed by atoms with van der Waals surface area (Å²) in [6, 6.07) is 2.37. The van der Waals surface area contributed by atoms with Crippen molar-refractivity contribution in [1.29, 1.82) is 0 Å². The zero-order valence-corrected chi connectivity index (χ0v) is 12.4. The Kier molecular flexibility index (Phi) is 4.82. The quantitative estimate of drug-likeness (QED) is 0.795. The van der Waals surface area contributed by atoms with Crippen LogP contribution in [0.1, 0.15) is 48.4 Å². The minimum atomic E-state index is 0.0694. The summed E-state index contributed by atoms with van der Waals surface area (Å²) in [5, 5.41) is 13.1. The molecule has 2 rings (SSSR count). The molecule has 102 valence electrons. The molecular formula is C15H25NOS. The minimum absolute atomic E-state index is 0.0694. The zero-order valence-electron chi connectivity index (χ0n) is 11.6. The first-order valence-corrected chi connectivity index (χ1v) is 7.96. The molecule has 18 heavy (non-hydrogen) atoms. The van der Waals surface area contributed by atoms with Crippen molar-refractivity contribution in [1.82, 2.24) is 5.32 Å². The normalized spacial score (nSPS) is 15.1. The van der Waals surface area contributed by atoms with Crippen molar-refractivity contribution in [2.45, 2.75) is 52.5 Å².